The third-order valence-electron chi connectivity index (χ3n) is 3.54. The Kier molecular flexibility index (Phi) is 5.76. The number of thioether (sulfide) groups is 1. The number of aromatic nitrogens is 3. The number of hydrogen-bond donors (Lipinski definition) is 0. The van der Waals surface area contributed by atoms with Gasteiger partial charge >= 0.3 is 0 Å². The van der Waals surface area contributed by atoms with Gasteiger partial charge in [0.15, 0.2) is 0 Å². The summed E-state index contributed by atoms with van der Waals surface area (Å²) in [5, 5.41) is 4.39. The van der Waals surface area contributed by atoms with Crippen molar-refractivity contribution in [3.63, 3.8) is 0 Å². The maximum absolute atomic E-state index is 13.3. The molecule has 1 unspecified atom stereocenters. The Labute approximate surface area is 139 Å². The molecule has 5 nitrogen and oxygen atoms in total. The van der Waals surface area contributed by atoms with E-state index in [1.165, 1.54) is 12.3 Å². The van der Waals surface area contributed by atoms with Gasteiger partial charge in [-0.1, -0.05) is 6.92 Å². The van der Waals surface area contributed by atoms with E-state index in [0.29, 0.717) is 12.2 Å². The fraction of sp³-hybridized carbons (Fsp3) is 0.438. The molecule has 0 aliphatic heterocycles. The predicted octanol–water partition coefficient (Wildman–Crippen LogP) is 3.07. The predicted molar refractivity (Wildman–Crippen MR) is 91.6 cm³/mol. The van der Waals surface area contributed by atoms with Crippen LogP contribution in [0.1, 0.15) is 19.5 Å². The number of carbonyl (C=O) groups excluding carboxylic acids is 1. The molecule has 0 aromatic carbocycles. The normalized spacial score (nSPS) is 12.2. The first-order chi connectivity index (χ1) is 11.0. The average Bonchev–Trinajstić information content (AvgIpc) is 2.90. The standard InChI is InChI=1S/C16H21FN4OS/c1-5-20(16(22)11(2)10-23-4)15-9-21(19-12(15)3)14-6-13(17)7-18-8-14/h6-9,11H,5,10H2,1-4H3. The molecule has 1 atom stereocenters. The van der Waals surface area contributed by atoms with Crippen molar-refractivity contribution in [3.8, 4) is 5.69 Å². The van der Waals surface area contributed by atoms with Crippen LogP contribution in [0.5, 0.6) is 0 Å². The molecule has 7 heteroatoms. The molecule has 0 N–H and O–H groups in total. The molecule has 2 rings (SSSR count). The van der Waals surface area contributed by atoms with Crippen molar-refractivity contribution in [2.45, 2.75) is 20.8 Å². The molecule has 0 saturated carbocycles. The van der Waals surface area contributed by atoms with Crippen molar-refractivity contribution in [2.24, 2.45) is 5.92 Å². The summed E-state index contributed by atoms with van der Waals surface area (Å²) in [6.45, 7) is 6.27. The Morgan fingerprint density at radius 1 is 1.48 bits per heavy atom. The monoisotopic (exact) mass is 336 g/mol. The van der Waals surface area contributed by atoms with E-state index >= 15 is 0 Å². The Morgan fingerprint density at radius 2 is 2.22 bits per heavy atom. The molecule has 0 fully saturated rings. The van der Waals surface area contributed by atoms with Gasteiger partial charge in [0.2, 0.25) is 5.91 Å². The Hall–Kier alpha value is -1.89. The van der Waals surface area contributed by atoms with Gasteiger partial charge in [0, 0.05) is 24.3 Å². The van der Waals surface area contributed by atoms with Crippen molar-refractivity contribution in [1.82, 2.24) is 14.8 Å². The second-order valence-corrected chi connectivity index (χ2v) is 6.26. The summed E-state index contributed by atoms with van der Waals surface area (Å²) in [6, 6.07) is 1.36. The van der Waals surface area contributed by atoms with E-state index in [2.05, 4.69) is 10.1 Å². The van der Waals surface area contributed by atoms with Crippen molar-refractivity contribution in [3.05, 3.63) is 36.2 Å². The number of amides is 1. The second kappa shape index (κ2) is 7.59. The summed E-state index contributed by atoms with van der Waals surface area (Å²) in [7, 11) is 0. The van der Waals surface area contributed by atoms with Crippen LogP contribution in [0, 0.1) is 18.7 Å². The second-order valence-electron chi connectivity index (χ2n) is 5.34. The summed E-state index contributed by atoms with van der Waals surface area (Å²) in [5.74, 6) is 0.357. The molecule has 0 saturated heterocycles. The third-order valence-corrected chi connectivity index (χ3v) is 4.37. The van der Waals surface area contributed by atoms with Crippen LogP contribution in [0.2, 0.25) is 0 Å². The average molecular weight is 336 g/mol. The molecule has 2 aromatic heterocycles. The molecule has 23 heavy (non-hydrogen) atoms. The van der Waals surface area contributed by atoms with Crippen LogP contribution in [0.15, 0.2) is 24.7 Å². The van der Waals surface area contributed by atoms with Crippen molar-refractivity contribution in [1.29, 1.82) is 0 Å². The number of nitrogens with zero attached hydrogens (tertiary/aromatic N) is 4. The van der Waals surface area contributed by atoms with Crippen molar-refractivity contribution >= 4 is 23.4 Å². The zero-order valence-corrected chi connectivity index (χ0v) is 14.6. The van der Waals surface area contributed by atoms with E-state index in [1.807, 2.05) is 27.0 Å². The summed E-state index contributed by atoms with van der Waals surface area (Å²) in [5.41, 5.74) is 2.00. The van der Waals surface area contributed by atoms with Gasteiger partial charge in [0.1, 0.15) is 5.82 Å². The van der Waals surface area contributed by atoms with Crippen LogP contribution >= 0.6 is 11.8 Å². The minimum Gasteiger partial charge on any atom is -0.309 e. The molecular weight excluding hydrogens is 315 g/mol. The van der Waals surface area contributed by atoms with Crippen LogP contribution < -0.4 is 4.90 Å². The Morgan fingerprint density at radius 3 is 2.83 bits per heavy atom. The minimum absolute atomic E-state index is 0.0662. The van der Waals surface area contributed by atoms with Crippen LogP contribution in [-0.2, 0) is 4.79 Å². The lowest BCUT2D eigenvalue weighted by Gasteiger charge is -2.23. The van der Waals surface area contributed by atoms with E-state index in [4.69, 9.17) is 0 Å². The van der Waals surface area contributed by atoms with E-state index < -0.39 is 5.82 Å². The van der Waals surface area contributed by atoms with Gasteiger partial charge in [-0.3, -0.25) is 9.78 Å². The van der Waals surface area contributed by atoms with E-state index in [0.717, 1.165) is 23.3 Å². The SMILES string of the molecule is CCN(C(=O)C(C)CSC)c1cn(-c2cncc(F)c2)nc1C. The lowest BCUT2D eigenvalue weighted by molar-refractivity contribution is -0.121. The Bertz CT molecular complexity index is 688. The van der Waals surface area contributed by atoms with Gasteiger partial charge in [0.25, 0.3) is 0 Å². The lowest BCUT2D eigenvalue weighted by atomic mass is 10.1. The first-order valence-corrected chi connectivity index (χ1v) is 8.84. The highest BCUT2D eigenvalue weighted by Gasteiger charge is 2.23. The van der Waals surface area contributed by atoms with Crippen LogP contribution in [0.4, 0.5) is 10.1 Å². The molecular formula is C16H21FN4OS. The van der Waals surface area contributed by atoms with Gasteiger partial charge in [-0.15, -0.1) is 0 Å². The van der Waals surface area contributed by atoms with Gasteiger partial charge < -0.3 is 4.90 Å². The molecule has 2 aromatic rings. The topological polar surface area (TPSA) is 51.0 Å². The molecule has 0 bridgehead atoms. The van der Waals surface area contributed by atoms with Gasteiger partial charge in [0.05, 0.1) is 35.7 Å². The van der Waals surface area contributed by atoms with Crippen LogP contribution in [0.25, 0.3) is 5.69 Å². The summed E-state index contributed by atoms with van der Waals surface area (Å²) in [4.78, 5) is 18.2. The van der Waals surface area contributed by atoms with Gasteiger partial charge in [-0.2, -0.15) is 16.9 Å². The highest BCUT2D eigenvalue weighted by molar-refractivity contribution is 7.98. The van der Waals surface area contributed by atoms with E-state index in [1.54, 1.807) is 27.5 Å². The van der Waals surface area contributed by atoms with Crippen molar-refractivity contribution < 1.29 is 9.18 Å². The Balaban J connectivity index is 2.33. The summed E-state index contributed by atoms with van der Waals surface area (Å²) < 4.78 is 14.9. The first-order valence-electron chi connectivity index (χ1n) is 7.45. The minimum atomic E-state index is -0.422. The molecule has 0 aliphatic rings. The maximum Gasteiger partial charge on any atom is 0.230 e. The zero-order chi connectivity index (χ0) is 17.0. The summed E-state index contributed by atoms with van der Waals surface area (Å²) in [6.07, 6.45) is 6.42. The van der Waals surface area contributed by atoms with Gasteiger partial charge in [-0.25, -0.2) is 9.07 Å². The highest BCUT2D eigenvalue weighted by Crippen LogP contribution is 2.23. The molecule has 0 spiro atoms. The van der Waals surface area contributed by atoms with E-state index in [9.17, 15) is 9.18 Å². The largest absolute Gasteiger partial charge is 0.309 e. The van der Waals surface area contributed by atoms with Crippen molar-refractivity contribution in [2.75, 3.05) is 23.5 Å². The lowest BCUT2D eigenvalue weighted by Crippen LogP contribution is -2.36. The smallest absolute Gasteiger partial charge is 0.230 e. The number of hydrogen-bond acceptors (Lipinski definition) is 4. The van der Waals surface area contributed by atoms with E-state index in [-0.39, 0.29) is 11.8 Å². The number of anilines is 1. The quantitative estimate of drug-likeness (QED) is 0.813. The number of rotatable bonds is 6. The number of carbonyl (C=O) groups is 1. The molecule has 2 heterocycles. The molecule has 1 amide bonds. The fourth-order valence-electron chi connectivity index (χ4n) is 2.41. The number of aryl methyl sites for hydroxylation is 1. The third kappa shape index (κ3) is 3.90. The maximum atomic E-state index is 13.3. The van der Waals surface area contributed by atoms with Gasteiger partial charge in [-0.05, 0) is 20.1 Å². The highest BCUT2D eigenvalue weighted by atomic mass is 32.2. The van der Waals surface area contributed by atoms with Crippen LogP contribution in [0.3, 0.4) is 0 Å². The summed E-state index contributed by atoms with van der Waals surface area (Å²) >= 11 is 1.65. The fourth-order valence-corrected chi connectivity index (χ4v) is 3.05. The van der Waals surface area contributed by atoms with Crippen LogP contribution in [-0.4, -0.2) is 39.2 Å². The molecule has 0 radical (unpaired) electrons. The number of pyridine rings is 1. The number of halogens is 1. The first kappa shape index (κ1) is 17.5. The zero-order valence-electron chi connectivity index (χ0n) is 13.8. The molecule has 124 valence electrons. The molecule has 0 aliphatic carbocycles.